The summed E-state index contributed by atoms with van der Waals surface area (Å²) in [6.07, 6.45) is 0. The Morgan fingerprint density at radius 3 is 2.38 bits per heavy atom. The van der Waals surface area contributed by atoms with Gasteiger partial charge in [0.05, 0.1) is 0 Å². The molecule has 5 heteroatoms. The fourth-order valence-corrected chi connectivity index (χ4v) is 3.68. The van der Waals surface area contributed by atoms with Crippen molar-refractivity contribution in [1.29, 1.82) is 0 Å². The molecule has 48 valence electrons. The zero-order valence-corrected chi connectivity index (χ0v) is 10.1. The molecular weight excluding hydrogens is 399 g/mol. The summed E-state index contributed by atoms with van der Waals surface area (Å²) in [5, 5.41) is 0.803. The molecule has 0 bridgehead atoms. The van der Waals surface area contributed by atoms with Crippen molar-refractivity contribution in [2.24, 2.45) is 0 Å². The molecule has 0 saturated carbocycles. The molecule has 0 aliphatic carbocycles. The zero-order valence-electron chi connectivity index (χ0n) is 3.90. The van der Waals surface area contributed by atoms with Crippen LogP contribution in [0, 0.1) is 0 Å². The van der Waals surface area contributed by atoms with Gasteiger partial charge >= 0.3 is 84.9 Å². The third-order valence-electron chi connectivity index (χ3n) is 0.588. The molecule has 0 radical (unpaired) electrons. The standard InChI is InChI=1S/C3H5I2NOSe/c4-3(7)2(1-8)6-5/h2,6,8H,1H2/t2-/m0/s1. The Morgan fingerprint density at radius 2 is 2.38 bits per heavy atom. The Bertz CT molecular complexity index is 85.4. The molecule has 0 spiro atoms. The van der Waals surface area contributed by atoms with E-state index < -0.39 is 0 Å². The van der Waals surface area contributed by atoms with Crippen LogP contribution < -0.4 is 3.53 Å². The van der Waals surface area contributed by atoms with Gasteiger partial charge in [0, 0.05) is 0 Å². The van der Waals surface area contributed by atoms with E-state index in [1.807, 2.05) is 22.9 Å². The number of nitrogens with one attached hydrogen (secondary N) is 1. The molecule has 1 N–H and O–H groups in total. The number of carbonyl (C=O) groups is 1. The molecule has 0 aromatic heterocycles. The van der Waals surface area contributed by atoms with Crippen LogP contribution in [-0.4, -0.2) is 25.8 Å². The Kier molecular flexibility index (Phi) is 6.48. The molecule has 0 aromatic carbocycles. The Labute approximate surface area is 84.0 Å². The van der Waals surface area contributed by atoms with Crippen molar-refractivity contribution in [3.05, 3.63) is 0 Å². The molecule has 8 heavy (non-hydrogen) atoms. The number of halogens is 2. The van der Waals surface area contributed by atoms with E-state index in [-0.39, 0.29) is 9.83 Å². The van der Waals surface area contributed by atoms with Gasteiger partial charge in [-0.15, -0.1) is 0 Å². The predicted molar refractivity (Wildman–Crippen MR) is 51.9 cm³/mol. The van der Waals surface area contributed by atoms with Crippen LogP contribution in [0.2, 0.25) is 5.32 Å². The van der Waals surface area contributed by atoms with Crippen molar-refractivity contribution in [1.82, 2.24) is 3.53 Å². The van der Waals surface area contributed by atoms with Crippen LogP contribution in [0.5, 0.6) is 0 Å². The van der Waals surface area contributed by atoms with Crippen LogP contribution in [-0.2, 0) is 4.79 Å². The fraction of sp³-hybridized carbons (Fsp3) is 0.667. The van der Waals surface area contributed by atoms with Crippen molar-refractivity contribution in [3.63, 3.8) is 0 Å². The molecule has 0 aliphatic heterocycles. The van der Waals surface area contributed by atoms with Crippen molar-refractivity contribution >= 4 is 65.3 Å². The molecule has 0 aromatic rings. The number of hydrogen-bond acceptors (Lipinski definition) is 2. The fourth-order valence-electron chi connectivity index (χ4n) is 0.149. The van der Waals surface area contributed by atoms with Crippen molar-refractivity contribution in [2.75, 3.05) is 0 Å². The van der Waals surface area contributed by atoms with Gasteiger partial charge in [0.15, 0.2) is 0 Å². The second-order valence-electron chi connectivity index (χ2n) is 1.15. The van der Waals surface area contributed by atoms with Crippen molar-refractivity contribution in [3.8, 4) is 0 Å². The summed E-state index contributed by atoms with van der Waals surface area (Å²) >= 11 is 6.15. The average Bonchev–Trinajstić information content (AvgIpc) is 1.69. The van der Waals surface area contributed by atoms with Gasteiger partial charge in [-0.3, -0.25) is 0 Å². The van der Waals surface area contributed by atoms with E-state index >= 15 is 0 Å². The molecule has 0 rings (SSSR count). The maximum atomic E-state index is 10.5. The summed E-state index contributed by atoms with van der Waals surface area (Å²) in [6.45, 7) is 0. The third kappa shape index (κ3) is 3.60. The van der Waals surface area contributed by atoms with Crippen LogP contribution in [0.15, 0.2) is 0 Å². The van der Waals surface area contributed by atoms with Gasteiger partial charge in [0.2, 0.25) is 0 Å². The summed E-state index contributed by atoms with van der Waals surface area (Å²) in [4.78, 5) is 10.5. The van der Waals surface area contributed by atoms with Crippen molar-refractivity contribution < 1.29 is 4.79 Å². The summed E-state index contributed by atoms with van der Waals surface area (Å²) in [6, 6.07) is 0.0104. The topological polar surface area (TPSA) is 29.1 Å². The Hall–Kier alpha value is 1.61. The van der Waals surface area contributed by atoms with Crippen LogP contribution in [0.1, 0.15) is 0 Å². The molecule has 0 heterocycles. The molecule has 0 amide bonds. The summed E-state index contributed by atoms with van der Waals surface area (Å²) in [5.41, 5.74) is 0. The number of rotatable bonds is 3. The first-order valence-electron chi connectivity index (χ1n) is 1.88. The Morgan fingerprint density at radius 1 is 1.88 bits per heavy atom. The molecule has 0 fully saturated rings. The average molecular weight is 404 g/mol. The van der Waals surface area contributed by atoms with E-state index in [2.05, 4.69) is 19.5 Å². The predicted octanol–water partition coefficient (Wildman–Crippen LogP) is 0.575. The van der Waals surface area contributed by atoms with E-state index in [4.69, 9.17) is 0 Å². The first-order chi connectivity index (χ1) is 3.72. The maximum absolute atomic E-state index is 10.5. The zero-order chi connectivity index (χ0) is 6.57. The van der Waals surface area contributed by atoms with Crippen LogP contribution in [0.4, 0.5) is 0 Å². The normalized spacial score (nSPS) is 13.4. The summed E-state index contributed by atoms with van der Waals surface area (Å²) < 4.78 is 3.01. The van der Waals surface area contributed by atoms with E-state index in [0.717, 1.165) is 5.32 Å². The van der Waals surface area contributed by atoms with E-state index in [0.29, 0.717) is 0 Å². The SMILES string of the molecule is O=C(I)[C@H](C[SeH])NI. The Balaban J connectivity index is 3.52. The van der Waals surface area contributed by atoms with Gasteiger partial charge in [0.1, 0.15) is 0 Å². The second-order valence-corrected chi connectivity index (χ2v) is 3.60. The van der Waals surface area contributed by atoms with Crippen LogP contribution >= 0.6 is 45.5 Å². The molecule has 1 atom stereocenters. The van der Waals surface area contributed by atoms with Crippen LogP contribution in [0.3, 0.4) is 0 Å². The van der Waals surface area contributed by atoms with E-state index in [1.54, 1.807) is 22.6 Å². The van der Waals surface area contributed by atoms with Gasteiger partial charge < -0.3 is 0 Å². The monoisotopic (exact) mass is 405 g/mol. The van der Waals surface area contributed by atoms with Crippen molar-refractivity contribution in [2.45, 2.75) is 11.4 Å². The minimum atomic E-state index is 0.0104. The molecule has 2 nitrogen and oxygen atoms in total. The number of carbonyl (C=O) groups excluding carboxylic acids is 1. The van der Waals surface area contributed by atoms with Gasteiger partial charge in [-0.2, -0.15) is 0 Å². The number of hydrogen-bond donors (Lipinski definition) is 1. The van der Waals surface area contributed by atoms with E-state index in [9.17, 15) is 4.79 Å². The first-order valence-corrected chi connectivity index (χ1v) is 5.37. The third-order valence-corrected chi connectivity index (χ3v) is 2.86. The van der Waals surface area contributed by atoms with Crippen LogP contribution in [0.25, 0.3) is 0 Å². The second kappa shape index (κ2) is 5.40. The van der Waals surface area contributed by atoms with Gasteiger partial charge in [-0.25, -0.2) is 0 Å². The molecule has 0 unspecified atom stereocenters. The van der Waals surface area contributed by atoms with E-state index in [1.165, 1.54) is 0 Å². The van der Waals surface area contributed by atoms with Gasteiger partial charge in [-0.1, -0.05) is 0 Å². The summed E-state index contributed by atoms with van der Waals surface area (Å²) in [7, 11) is 0. The molecule has 0 aliphatic rings. The van der Waals surface area contributed by atoms with Gasteiger partial charge in [0.25, 0.3) is 0 Å². The molecule has 0 saturated heterocycles. The quantitative estimate of drug-likeness (QED) is 0.323. The van der Waals surface area contributed by atoms with Gasteiger partial charge in [-0.05, 0) is 0 Å². The minimum absolute atomic E-state index is 0.0104. The first kappa shape index (κ1) is 9.61. The summed E-state index contributed by atoms with van der Waals surface area (Å²) in [5.74, 6) is 0. The molecular formula is C3H5I2NOSe.